The van der Waals surface area contributed by atoms with Crippen molar-refractivity contribution in [2.75, 3.05) is 40.5 Å². The van der Waals surface area contributed by atoms with E-state index in [1.54, 1.807) is 7.11 Å². The van der Waals surface area contributed by atoms with Crippen LogP contribution in [-0.4, -0.2) is 52.3 Å². The van der Waals surface area contributed by atoms with Gasteiger partial charge in [-0.15, -0.1) is 0 Å². The molecule has 6 heteroatoms. The summed E-state index contributed by atoms with van der Waals surface area (Å²) in [6.45, 7) is 1.72. The van der Waals surface area contributed by atoms with Crippen LogP contribution < -0.4 is 10.6 Å². The molecule has 0 aromatic heterocycles. The third-order valence-electron chi connectivity index (χ3n) is 1.61. The van der Waals surface area contributed by atoms with Crippen LogP contribution in [0.4, 0.5) is 0 Å². The minimum atomic E-state index is -0.635. The summed E-state index contributed by atoms with van der Waals surface area (Å²) in [5.41, 5.74) is 0. The lowest BCUT2D eigenvalue weighted by atomic mass is 10.4. The summed E-state index contributed by atoms with van der Waals surface area (Å²) in [6, 6.07) is 0. The van der Waals surface area contributed by atoms with Gasteiger partial charge >= 0.3 is 11.8 Å². The molecule has 0 bridgehead atoms. The SMILES string of the molecule is COCCCNC(=O)C(=O)NCCOC. The smallest absolute Gasteiger partial charge is 0.309 e. The highest BCUT2D eigenvalue weighted by Gasteiger charge is 2.10. The van der Waals surface area contributed by atoms with Crippen LogP contribution in [0.2, 0.25) is 0 Å². The van der Waals surface area contributed by atoms with E-state index in [2.05, 4.69) is 10.6 Å². The summed E-state index contributed by atoms with van der Waals surface area (Å²) in [5.74, 6) is -1.26. The third kappa shape index (κ3) is 7.90. The number of ether oxygens (including phenoxy) is 2. The molecule has 0 saturated heterocycles. The molecule has 0 aromatic rings. The van der Waals surface area contributed by atoms with Gasteiger partial charge in [-0.2, -0.15) is 0 Å². The van der Waals surface area contributed by atoms with Gasteiger partial charge in [0.1, 0.15) is 0 Å². The van der Waals surface area contributed by atoms with Crippen molar-refractivity contribution in [2.24, 2.45) is 0 Å². The first kappa shape index (κ1) is 13.9. The van der Waals surface area contributed by atoms with Gasteiger partial charge in [0.2, 0.25) is 0 Å². The highest BCUT2D eigenvalue weighted by atomic mass is 16.5. The lowest BCUT2D eigenvalue weighted by molar-refractivity contribution is -0.139. The molecule has 0 spiro atoms. The van der Waals surface area contributed by atoms with Gasteiger partial charge in [-0.05, 0) is 6.42 Å². The minimum absolute atomic E-state index is 0.334. The summed E-state index contributed by atoms with van der Waals surface area (Å²) in [4.78, 5) is 22.2. The third-order valence-corrected chi connectivity index (χ3v) is 1.61. The van der Waals surface area contributed by atoms with E-state index in [0.717, 1.165) is 0 Å². The molecule has 0 fully saturated rings. The Morgan fingerprint density at radius 3 is 2.00 bits per heavy atom. The summed E-state index contributed by atoms with van der Waals surface area (Å²) >= 11 is 0. The molecule has 0 aliphatic rings. The Balaban J connectivity index is 3.47. The molecule has 0 heterocycles. The maximum Gasteiger partial charge on any atom is 0.309 e. The first-order chi connectivity index (χ1) is 7.22. The molecule has 88 valence electrons. The molecule has 0 atom stereocenters. The van der Waals surface area contributed by atoms with E-state index < -0.39 is 11.8 Å². The lowest BCUT2D eigenvalue weighted by Gasteiger charge is -2.05. The lowest BCUT2D eigenvalue weighted by Crippen LogP contribution is -2.41. The Morgan fingerprint density at radius 1 is 0.933 bits per heavy atom. The zero-order valence-corrected chi connectivity index (χ0v) is 9.17. The Bertz CT molecular complexity index is 197. The average Bonchev–Trinajstić information content (AvgIpc) is 2.24. The summed E-state index contributed by atoms with van der Waals surface area (Å²) in [5, 5.41) is 4.89. The normalized spacial score (nSPS) is 9.73. The zero-order chi connectivity index (χ0) is 11.5. The maximum atomic E-state index is 11.1. The van der Waals surface area contributed by atoms with Crippen LogP contribution >= 0.6 is 0 Å². The number of amides is 2. The number of methoxy groups -OCH3 is 2. The van der Waals surface area contributed by atoms with Gasteiger partial charge in [0.15, 0.2) is 0 Å². The van der Waals surface area contributed by atoms with Gasteiger partial charge in [-0.3, -0.25) is 9.59 Å². The van der Waals surface area contributed by atoms with Gasteiger partial charge < -0.3 is 20.1 Å². The molecule has 0 saturated carbocycles. The zero-order valence-electron chi connectivity index (χ0n) is 9.17. The fourth-order valence-electron chi connectivity index (χ4n) is 0.846. The van der Waals surface area contributed by atoms with Crippen molar-refractivity contribution in [1.82, 2.24) is 10.6 Å². The quantitative estimate of drug-likeness (QED) is 0.420. The number of hydrogen-bond acceptors (Lipinski definition) is 4. The van der Waals surface area contributed by atoms with Crippen molar-refractivity contribution in [3.05, 3.63) is 0 Å². The summed E-state index contributed by atoms with van der Waals surface area (Å²) in [6.07, 6.45) is 0.688. The van der Waals surface area contributed by atoms with E-state index in [9.17, 15) is 9.59 Å². The molecule has 0 rings (SSSR count). The molecular formula is C9H18N2O4. The molecular weight excluding hydrogens is 200 g/mol. The molecule has 6 nitrogen and oxygen atoms in total. The van der Waals surface area contributed by atoms with Crippen LogP contribution in [0.3, 0.4) is 0 Å². The van der Waals surface area contributed by atoms with Crippen LogP contribution in [0, 0.1) is 0 Å². The summed E-state index contributed by atoms with van der Waals surface area (Å²) in [7, 11) is 3.11. The second-order valence-electron chi connectivity index (χ2n) is 2.85. The van der Waals surface area contributed by atoms with Crippen molar-refractivity contribution >= 4 is 11.8 Å². The molecule has 2 N–H and O–H groups in total. The number of carbonyl (C=O) groups is 2. The first-order valence-corrected chi connectivity index (χ1v) is 4.76. The average molecular weight is 218 g/mol. The highest BCUT2D eigenvalue weighted by molar-refractivity contribution is 6.35. The Kier molecular flexibility index (Phi) is 8.70. The molecule has 0 radical (unpaired) electrons. The van der Waals surface area contributed by atoms with Crippen LogP contribution in [0.1, 0.15) is 6.42 Å². The van der Waals surface area contributed by atoms with E-state index in [1.165, 1.54) is 7.11 Å². The Morgan fingerprint density at radius 2 is 1.47 bits per heavy atom. The fraction of sp³-hybridized carbons (Fsp3) is 0.778. The van der Waals surface area contributed by atoms with E-state index in [-0.39, 0.29) is 0 Å². The number of carbonyl (C=O) groups excluding carboxylic acids is 2. The van der Waals surface area contributed by atoms with Gasteiger partial charge in [-0.1, -0.05) is 0 Å². The second kappa shape index (κ2) is 9.42. The van der Waals surface area contributed by atoms with E-state index in [4.69, 9.17) is 9.47 Å². The van der Waals surface area contributed by atoms with Gasteiger partial charge in [0, 0.05) is 33.9 Å². The molecule has 2 amide bonds. The maximum absolute atomic E-state index is 11.1. The van der Waals surface area contributed by atoms with Crippen molar-refractivity contribution in [1.29, 1.82) is 0 Å². The largest absolute Gasteiger partial charge is 0.385 e. The molecule has 15 heavy (non-hydrogen) atoms. The second-order valence-corrected chi connectivity index (χ2v) is 2.85. The van der Waals surface area contributed by atoms with Crippen molar-refractivity contribution in [3.8, 4) is 0 Å². The van der Waals surface area contributed by atoms with E-state index in [1.807, 2.05) is 0 Å². The van der Waals surface area contributed by atoms with Crippen molar-refractivity contribution in [2.45, 2.75) is 6.42 Å². The minimum Gasteiger partial charge on any atom is -0.385 e. The predicted octanol–water partition coefficient (Wildman–Crippen LogP) is -1.10. The first-order valence-electron chi connectivity index (χ1n) is 4.76. The highest BCUT2D eigenvalue weighted by Crippen LogP contribution is 1.77. The topological polar surface area (TPSA) is 76.7 Å². The van der Waals surface area contributed by atoms with Crippen LogP contribution in [-0.2, 0) is 19.1 Å². The van der Waals surface area contributed by atoms with Crippen LogP contribution in [0.5, 0.6) is 0 Å². The molecule has 0 aromatic carbocycles. The molecule has 0 aliphatic carbocycles. The van der Waals surface area contributed by atoms with E-state index >= 15 is 0 Å². The summed E-state index contributed by atoms with van der Waals surface area (Å²) < 4.78 is 9.52. The van der Waals surface area contributed by atoms with Gasteiger partial charge in [0.25, 0.3) is 0 Å². The molecule has 0 aliphatic heterocycles. The standard InChI is InChI=1S/C9H18N2O4/c1-14-6-3-4-10-8(12)9(13)11-5-7-15-2/h3-7H2,1-2H3,(H,10,12)(H,11,13). The Hall–Kier alpha value is -1.14. The van der Waals surface area contributed by atoms with Crippen LogP contribution in [0.25, 0.3) is 0 Å². The Labute approximate surface area is 89.3 Å². The number of rotatable bonds is 7. The van der Waals surface area contributed by atoms with Crippen LogP contribution in [0.15, 0.2) is 0 Å². The molecule has 0 unspecified atom stereocenters. The van der Waals surface area contributed by atoms with E-state index in [0.29, 0.717) is 32.7 Å². The predicted molar refractivity (Wildman–Crippen MR) is 54.4 cm³/mol. The number of nitrogens with one attached hydrogen (secondary N) is 2. The monoisotopic (exact) mass is 218 g/mol. The number of hydrogen-bond donors (Lipinski definition) is 2. The van der Waals surface area contributed by atoms with Crippen molar-refractivity contribution in [3.63, 3.8) is 0 Å². The van der Waals surface area contributed by atoms with Gasteiger partial charge in [-0.25, -0.2) is 0 Å². The fourth-order valence-corrected chi connectivity index (χ4v) is 0.846. The van der Waals surface area contributed by atoms with Gasteiger partial charge in [0.05, 0.1) is 6.61 Å². The van der Waals surface area contributed by atoms with Crippen molar-refractivity contribution < 1.29 is 19.1 Å².